The second kappa shape index (κ2) is 9.11. The lowest BCUT2D eigenvalue weighted by molar-refractivity contribution is -0.133. The van der Waals surface area contributed by atoms with Crippen molar-refractivity contribution in [2.45, 2.75) is 36.0 Å². The Bertz CT molecular complexity index is 1160. The maximum Gasteiger partial charge on any atom is 0.261 e. The topological polar surface area (TPSA) is 95.6 Å². The molecule has 0 saturated carbocycles. The van der Waals surface area contributed by atoms with E-state index >= 15 is 0 Å². The average molecular weight is 478 g/mol. The predicted molar refractivity (Wildman–Crippen MR) is 122 cm³/mol. The third-order valence-electron chi connectivity index (χ3n) is 5.63. The van der Waals surface area contributed by atoms with Gasteiger partial charge in [-0.2, -0.15) is 0 Å². The molecule has 0 aliphatic carbocycles. The summed E-state index contributed by atoms with van der Waals surface area (Å²) < 4.78 is 41.8. The fourth-order valence-corrected chi connectivity index (χ4v) is 5.88. The zero-order valence-electron chi connectivity index (χ0n) is 17.6. The first-order valence-electron chi connectivity index (χ1n) is 10.4. The quantitative estimate of drug-likeness (QED) is 0.686. The average Bonchev–Trinajstić information content (AvgIpc) is 3.24. The van der Waals surface area contributed by atoms with E-state index in [9.17, 15) is 22.4 Å². The number of amides is 2. The summed E-state index contributed by atoms with van der Waals surface area (Å²) in [6.45, 7) is 3.06. The maximum atomic E-state index is 13.8. The fraction of sp³-hybridized carbons (Fsp3) is 0.364. The molecule has 10 heteroatoms. The number of likely N-dealkylation sites (tertiary alicyclic amines) is 1. The number of benzene rings is 2. The molecule has 4 rings (SSSR count). The van der Waals surface area contributed by atoms with Crippen molar-refractivity contribution in [1.29, 1.82) is 0 Å². The van der Waals surface area contributed by atoms with E-state index in [1.165, 1.54) is 36.0 Å². The fourth-order valence-electron chi connectivity index (χ4n) is 3.73. The number of halogens is 1. The van der Waals surface area contributed by atoms with Gasteiger partial charge in [0.2, 0.25) is 11.8 Å². The van der Waals surface area contributed by atoms with Crippen LogP contribution in [0.25, 0.3) is 0 Å². The van der Waals surface area contributed by atoms with Gasteiger partial charge in [0.25, 0.3) is 10.0 Å². The summed E-state index contributed by atoms with van der Waals surface area (Å²) in [4.78, 5) is 27.7. The van der Waals surface area contributed by atoms with Gasteiger partial charge in [0.15, 0.2) is 0 Å². The minimum Gasteiger partial charge on any atom is -0.343 e. The van der Waals surface area contributed by atoms with Crippen LogP contribution in [-0.4, -0.2) is 44.0 Å². The standard InChI is InChI=1S/C22H24FN3O4S2/c1-14-4-5-16(11-18(14)23)25-32(29,30)17-6-7-20-19(12-17)24-22(28)15(13-31-20)10-21(27)26-8-2-3-9-26/h4-7,11-12,15,25H,2-3,8-10,13H2,1H3,(H,24,28)/t15-/m1/s1. The molecule has 32 heavy (non-hydrogen) atoms. The Morgan fingerprint density at radius 2 is 1.97 bits per heavy atom. The minimum atomic E-state index is -3.99. The number of sulfonamides is 1. The molecule has 1 fully saturated rings. The molecular formula is C22H24FN3O4S2. The van der Waals surface area contributed by atoms with Crippen molar-refractivity contribution in [3.63, 3.8) is 0 Å². The van der Waals surface area contributed by atoms with Crippen LogP contribution in [0, 0.1) is 18.7 Å². The van der Waals surface area contributed by atoms with E-state index in [0.717, 1.165) is 36.9 Å². The van der Waals surface area contributed by atoms with Crippen molar-refractivity contribution in [3.05, 3.63) is 47.8 Å². The molecule has 2 aromatic rings. The van der Waals surface area contributed by atoms with Gasteiger partial charge in [-0.3, -0.25) is 14.3 Å². The van der Waals surface area contributed by atoms with Gasteiger partial charge in [-0.25, -0.2) is 12.8 Å². The number of nitrogens with one attached hydrogen (secondary N) is 2. The lowest BCUT2D eigenvalue weighted by Crippen LogP contribution is -2.33. The molecule has 2 aliphatic rings. The summed E-state index contributed by atoms with van der Waals surface area (Å²) in [5, 5.41) is 2.78. The number of fused-ring (bicyclic) bond motifs is 1. The number of anilines is 2. The molecule has 0 radical (unpaired) electrons. The number of hydrogen-bond donors (Lipinski definition) is 2. The smallest absolute Gasteiger partial charge is 0.261 e. The molecule has 1 saturated heterocycles. The van der Waals surface area contributed by atoms with Gasteiger partial charge < -0.3 is 10.2 Å². The van der Waals surface area contributed by atoms with Gasteiger partial charge in [0.05, 0.1) is 22.2 Å². The van der Waals surface area contributed by atoms with Gasteiger partial charge in [-0.1, -0.05) is 6.07 Å². The Kier molecular flexibility index (Phi) is 6.43. The Morgan fingerprint density at radius 3 is 2.69 bits per heavy atom. The highest BCUT2D eigenvalue weighted by molar-refractivity contribution is 7.99. The molecule has 2 aliphatic heterocycles. The zero-order chi connectivity index (χ0) is 22.9. The van der Waals surface area contributed by atoms with Crippen LogP contribution in [0.3, 0.4) is 0 Å². The predicted octanol–water partition coefficient (Wildman–Crippen LogP) is 3.61. The third-order valence-corrected chi connectivity index (χ3v) is 8.25. The van der Waals surface area contributed by atoms with Crippen molar-refractivity contribution in [1.82, 2.24) is 4.90 Å². The summed E-state index contributed by atoms with van der Waals surface area (Å²) in [5.74, 6) is -0.885. The summed E-state index contributed by atoms with van der Waals surface area (Å²) >= 11 is 1.41. The molecule has 0 bridgehead atoms. The van der Waals surface area contributed by atoms with Gasteiger partial charge in [0, 0.05) is 30.2 Å². The SMILES string of the molecule is Cc1ccc(NS(=O)(=O)c2ccc3c(c2)NC(=O)[C@H](CC(=O)N2CCCC2)CS3)cc1F. The molecule has 170 valence electrons. The second-order valence-electron chi connectivity index (χ2n) is 8.02. The van der Waals surface area contributed by atoms with E-state index in [0.29, 0.717) is 17.0 Å². The molecule has 2 amide bonds. The molecule has 2 heterocycles. The van der Waals surface area contributed by atoms with Crippen molar-refractivity contribution in [3.8, 4) is 0 Å². The molecule has 1 atom stereocenters. The Morgan fingerprint density at radius 1 is 1.22 bits per heavy atom. The number of nitrogens with zero attached hydrogens (tertiary/aromatic N) is 1. The molecule has 2 N–H and O–H groups in total. The van der Waals surface area contributed by atoms with Crippen molar-refractivity contribution < 1.29 is 22.4 Å². The Balaban J connectivity index is 1.50. The van der Waals surface area contributed by atoms with Crippen molar-refractivity contribution in [2.24, 2.45) is 5.92 Å². The van der Waals surface area contributed by atoms with Crippen LogP contribution in [0.4, 0.5) is 15.8 Å². The van der Waals surface area contributed by atoms with Crippen molar-refractivity contribution >= 4 is 45.0 Å². The number of aryl methyl sites for hydroxylation is 1. The normalized spacial score (nSPS) is 18.6. The summed E-state index contributed by atoms with van der Waals surface area (Å²) in [6, 6.07) is 8.56. The first-order chi connectivity index (χ1) is 15.2. The highest BCUT2D eigenvalue weighted by Gasteiger charge is 2.30. The first kappa shape index (κ1) is 22.6. The highest BCUT2D eigenvalue weighted by atomic mass is 32.2. The molecule has 0 unspecified atom stereocenters. The van der Waals surface area contributed by atoms with Crippen LogP contribution in [0.5, 0.6) is 0 Å². The van der Waals surface area contributed by atoms with E-state index in [2.05, 4.69) is 10.0 Å². The number of carbonyl (C=O) groups is 2. The number of thioether (sulfide) groups is 1. The number of hydrogen-bond acceptors (Lipinski definition) is 5. The molecule has 0 aromatic heterocycles. The van der Waals surface area contributed by atoms with E-state index in [1.54, 1.807) is 17.9 Å². The number of rotatable bonds is 5. The van der Waals surface area contributed by atoms with Crippen LogP contribution in [0.1, 0.15) is 24.8 Å². The van der Waals surface area contributed by atoms with E-state index in [-0.39, 0.29) is 28.8 Å². The largest absolute Gasteiger partial charge is 0.343 e. The lowest BCUT2D eigenvalue weighted by atomic mass is 10.1. The lowest BCUT2D eigenvalue weighted by Gasteiger charge is -2.18. The van der Waals surface area contributed by atoms with Crippen LogP contribution < -0.4 is 10.0 Å². The van der Waals surface area contributed by atoms with Gasteiger partial charge in [0.1, 0.15) is 5.82 Å². The monoisotopic (exact) mass is 477 g/mol. The Hall–Kier alpha value is -2.59. The molecule has 2 aromatic carbocycles. The molecular weight excluding hydrogens is 453 g/mol. The number of carbonyl (C=O) groups excluding carboxylic acids is 2. The van der Waals surface area contributed by atoms with E-state index < -0.39 is 21.8 Å². The van der Waals surface area contributed by atoms with Crippen molar-refractivity contribution in [2.75, 3.05) is 28.9 Å². The summed E-state index contributed by atoms with van der Waals surface area (Å²) in [6.07, 6.45) is 2.12. The maximum absolute atomic E-state index is 13.8. The molecule has 0 spiro atoms. The Labute approximate surface area is 190 Å². The van der Waals surface area contributed by atoms with Crippen LogP contribution in [0.15, 0.2) is 46.2 Å². The second-order valence-corrected chi connectivity index (χ2v) is 10.8. The van der Waals surface area contributed by atoms with Gasteiger partial charge >= 0.3 is 0 Å². The summed E-state index contributed by atoms with van der Waals surface area (Å²) in [7, 11) is -3.99. The van der Waals surface area contributed by atoms with Crippen LogP contribution in [-0.2, 0) is 19.6 Å². The van der Waals surface area contributed by atoms with Gasteiger partial charge in [-0.05, 0) is 55.7 Å². The van der Waals surface area contributed by atoms with Crippen LogP contribution in [0.2, 0.25) is 0 Å². The van der Waals surface area contributed by atoms with Crippen LogP contribution >= 0.6 is 11.8 Å². The van der Waals surface area contributed by atoms with E-state index in [4.69, 9.17) is 0 Å². The first-order valence-corrected chi connectivity index (χ1v) is 12.8. The summed E-state index contributed by atoms with van der Waals surface area (Å²) in [5.41, 5.74) is 0.909. The third kappa shape index (κ3) is 4.91. The van der Waals surface area contributed by atoms with Gasteiger partial charge in [-0.15, -0.1) is 11.8 Å². The minimum absolute atomic E-state index is 0.0213. The van der Waals surface area contributed by atoms with E-state index in [1.807, 2.05) is 0 Å². The highest BCUT2D eigenvalue weighted by Crippen LogP contribution is 2.35. The molecule has 7 nitrogen and oxygen atoms in total. The zero-order valence-corrected chi connectivity index (χ0v) is 19.2.